The summed E-state index contributed by atoms with van der Waals surface area (Å²) in [4.78, 5) is 36.0. The quantitative estimate of drug-likeness (QED) is 0.234. The molecule has 1 amide bonds. The lowest BCUT2D eigenvalue weighted by molar-refractivity contribution is -0.350. The van der Waals surface area contributed by atoms with E-state index in [4.69, 9.17) is 14.2 Å². The first-order valence-electron chi connectivity index (χ1n) is 10.2. The molecule has 0 unspecified atom stereocenters. The Hall–Kier alpha value is -2.29. The predicted octanol–water partition coefficient (Wildman–Crippen LogP) is 1.51. The standard InChI is InChI=1S/C22H27NO7/c1-10(6-7-13(24)15-14(25)9-23-20(15)27)8-11(2)17-12(3)18-16(26)19-21(4,30-19)22(5,28-17)29-18/h6-8,11-12,17-19,24H,9H2,1-5H3,(H,23,27)/b7-6?,10-8?,15-13+/t11-,12-,17-,18+,19+,21+,22+/m1/s1. The van der Waals surface area contributed by atoms with Gasteiger partial charge in [-0.3, -0.25) is 14.4 Å². The van der Waals surface area contributed by atoms with E-state index >= 15 is 0 Å². The molecule has 4 heterocycles. The highest BCUT2D eigenvalue weighted by molar-refractivity contribution is 6.25. The molecule has 0 saturated carbocycles. The van der Waals surface area contributed by atoms with Crippen LogP contribution in [0.25, 0.3) is 0 Å². The second-order valence-corrected chi connectivity index (χ2v) is 8.90. The molecular weight excluding hydrogens is 390 g/mol. The van der Waals surface area contributed by atoms with Crippen molar-refractivity contribution in [2.24, 2.45) is 11.8 Å². The van der Waals surface area contributed by atoms with Crippen molar-refractivity contribution in [2.45, 2.75) is 64.3 Å². The summed E-state index contributed by atoms with van der Waals surface area (Å²) in [6.07, 6.45) is 3.64. The molecule has 162 valence electrons. The molecular formula is C22H27NO7. The van der Waals surface area contributed by atoms with Crippen molar-refractivity contribution in [2.75, 3.05) is 6.54 Å². The van der Waals surface area contributed by atoms with Gasteiger partial charge in [0.25, 0.3) is 5.91 Å². The number of ketones is 2. The first-order chi connectivity index (χ1) is 14.0. The van der Waals surface area contributed by atoms with Gasteiger partial charge in [0, 0.05) is 11.8 Å². The van der Waals surface area contributed by atoms with Crippen molar-refractivity contribution in [1.82, 2.24) is 5.32 Å². The monoisotopic (exact) mass is 417 g/mol. The summed E-state index contributed by atoms with van der Waals surface area (Å²) in [5.74, 6) is -2.59. The Labute approximate surface area is 174 Å². The average Bonchev–Trinajstić information content (AvgIpc) is 3.29. The molecule has 8 nitrogen and oxygen atoms in total. The normalized spacial score (nSPS) is 43.5. The van der Waals surface area contributed by atoms with Gasteiger partial charge in [-0.1, -0.05) is 31.6 Å². The van der Waals surface area contributed by atoms with Gasteiger partial charge in [-0.15, -0.1) is 0 Å². The number of allylic oxidation sites excluding steroid dienone is 3. The third kappa shape index (κ3) is 3.05. The first-order valence-corrected chi connectivity index (χ1v) is 10.2. The zero-order valence-electron chi connectivity index (χ0n) is 17.7. The van der Waals surface area contributed by atoms with Crippen LogP contribution in [0.5, 0.6) is 0 Å². The number of fused-ring (bicyclic) bond motifs is 4. The van der Waals surface area contributed by atoms with Gasteiger partial charge in [0.05, 0.1) is 12.6 Å². The Bertz CT molecular complexity index is 900. The van der Waals surface area contributed by atoms with Crippen molar-refractivity contribution < 1.29 is 33.7 Å². The van der Waals surface area contributed by atoms with Gasteiger partial charge < -0.3 is 24.6 Å². The predicted molar refractivity (Wildman–Crippen MR) is 105 cm³/mol. The second kappa shape index (κ2) is 6.87. The number of ether oxygens (including phenoxy) is 3. The maximum atomic E-state index is 12.7. The number of hydrogen-bond donors (Lipinski definition) is 2. The van der Waals surface area contributed by atoms with Crippen LogP contribution in [-0.2, 0) is 28.6 Å². The summed E-state index contributed by atoms with van der Waals surface area (Å²) >= 11 is 0. The van der Waals surface area contributed by atoms with Crippen LogP contribution in [0.15, 0.2) is 35.1 Å². The Morgan fingerprint density at radius 1 is 1.20 bits per heavy atom. The molecule has 2 N–H and O–H groups in total. The highest BCUT2D eigenvalue weighted by atomic mass is 16.8. The lowest BCUT2D eigenvalue weighted by Crippen LogP contribution is -2.66. The number of amides is 1. The fourth-order valence-electron chi connectivity index (χ4n) is 4.67. The van der Waals surface area contributed by atoms with Crippen molar-refractivity contribution in [1.29, 1.82) is 0 Å². The maximum absolute atomic E-state index is 12.7. The molecule has 0 spiro atoms. The van der Waals surface area contributed by atoms with Crippen LogP contribution < -0.4 is 5.32 Å². The van der Waals surface area contributed by atoms with Crippen LogP contribution in [-0.4, -0.2) is 58.8 Å². The van der Waals surface area contributed by atoms with Gasteiger partial charge >= 0.3 is 0 Å². The summed E-state index contributed by atoms with van der Waals surface area (Å²) in [6.45, 7) is 9.34. The van der Waals surface area contributed by atoms with Gasteiger partial charge in [-0.25, -0.2) is 0 Å². The molecule has 30 heavy (non-hydrogen) atoms. The number of nitrogens with one attached hydrogen (secondary N) is 1. The average molecular weight is 417 g/mol. The summed E-state index contributed by atoms with van der Waals surface area (Å²) in [6, 6.07) is 0. The minimum atomic E-state index is -0.988. The van der Waals surface area contributed by atoms with E-state index in [9.17, 15) is 19.5 Å². The fraction of sp³-hybridized carbons (Fsp3) is 0.591. The molecule has 0 aromatic carbocycles. The molecule has 8 heteroatoms. The minimum absolute atomic E-state index is 0.0281. The number of Topliss-reactive ketones (excluding diaryl/α,β-unsaturated/α-hetero) is 2. The molecule has 7 atom stereocenters. The zero-order valence-corrected chi connectivity index (χ0v) is 17.7. The number of carbonyl (C=O) groups is 3. The fourth-order valence-corrected chi connectivity index (χ4v) is 4.67. The van der Waals surface area contributed by atoms with E-state index in [1.807, 2.05) is 40.7 Å². The molecule has 0 aromatic rings. The zero-order chi connectivity index (χ0) is 22.0. The molecule has 4 rings (SSSR count). The van der Waals surface area contributed by atoms with Gasteiger partial charge in [0.2, 0.25) is 0 Å². The van der Waals surface area contributed by atoms with E-state index in [0.717, 1.165) is 5.57 Å². The van der Waals surface area contributed by atoms with E-state index in [0.29, 0.717) is 0 Å². The number of aliphatic hydroxyl groups excluding tert-OH is 1. The SMILES string of the molecule is CC(C=C/C(O)=C1/C(=O)CNC1=O)=C[C@@H](C)[C@H]1O[C@@]2(C)O[C@H](C(=O)[C@@H]3O[C@@]32C)[C@@H]1C. The van der Waals surface area contributed by atoms with Crippen LogP contribution in [0.4, 0.5) is 0 Å². The number of rotatable bonds is 4. The molecule has 4 aliphatic heterocycles. The lowest BCUT2D eigenvalue weighted by Gasteiger charge is -2.51. The van der Waals surface area contributed by atoms with Gasteiger partial charge in [-0.05, 0) is 26.8 Å². The third-order valence-electron chi connectivity index (χ3n) is 6.67. The van der Waals surface area contributed by atoms with Gasteiger partial charge in [-0.2, -0.15) is 0 Å². The Balaban J connectivity index is 1.51. The Morgan fingerprint density at radius 2 is 1.90 bits per heavy atom. The van der Waals surface area contributed by atoms with Crippen molar-refractivity contribution >= 4 is 17.5 Å². The number of carbonyl (C=O) groups excluding carboxylic acids is 3. The largest absolute Gasteiger partial charge is 0.507 e. The van der Waals surface area contributed by atoms with Crippen LogP contribution in [0.2, 0.25) is 0 Å². The molecule has 4 fully saturated rings. The van der Waals surface area contributed by atoms with E-state index in [-0.39, 0.29) is 41.6 Å². The summed E-state index contributed by atoms with van der Waals surface area (Å²) in [5.41, 5.74) is -0.167. The van der Waals surface area contributed by atoms with Crippen LogP contribution in [0.1, 0.15) is 34.6 Å². The van der Waals surface area contributed by atoms with E-state index in [1.165, 1.54) is 6.08 Å². The second-order valence-electron chi connectivity index (χ2n) is 8.90. The lowest BCUT2D eigenvalue weighted by atomic mass is 9.78. The number of aliphatic hydroxyl groups is 1. The third-order valence-corrected chi connectivity index (χ3v) is 6.67. The van der Waals surface area contributed by atoms with Crippen molar-refractivity contribution in [3.8, 4) is 0 Å². The summed E-state index contributed by atoms with van der Waals surface area (Å²) < 4.78 is 18.0. The van der Waals surface area contributed by atoms with Crippen molar-refractivity contribution in [3.63, 3.8) is 0 Å². The highest BCUT2D eigenvalue weighted by Crippen LogP contribution is 2.57. The van der Waals surface area contributed by atoms with Gasteiger partial charge in [0.15, 0.2) is 29.1 Å². The molecule has 0 aromatic heterocycles. The molecule has 0 radical (unpaired) electrons. The Kier molecular flexibility index (Phi) is 4.80. The first kappa shape index (κ1) is 21.0. The highest BCUT2D eigenvalue weighted by Gasteiger charge is 2.76. The maximum Gasteiger partial charge on any atom is 0.259 e. The van der Waals surface area contributed by atoms with E-state index in [1.54, 1.807) is 6.08 Å². The number of epoxide rings is 1. The van der Waals surface area contributed by atoms with Crippen molar-refractivity contribution in [3.05, 3.63) is 35.1 Å². The molecule has 2 bridgehead atoms. The molecule has 0 aliphatic carbocycles. The van der Waals surface area contributed by atoms with Crippen LogP contribution in [0, 0.1) is 11.8 Å². The minimum Gasteiger partial charge on any atom is -0.507 e. The summed E-state index contributed by atoms with van der Waals surface area (Å²) in [7, 11) is 0. The van der Waals surface area contributed by atoms with Crippen LogP contribution in [0.3, 0.4) is 0 Å². The van der Waals surface area contributed by atoms with Gasteiger partial charge in [0.1, 0.15) is 17.4 Å². The summed E-state index contributed by atoms with van der Waals surface area (Å²) in [5, 5.41) is 12.5. The smallest absolute Gasteiger partial charge is 0.259 e. The molecule has 4 saturated heterocycles. The topological polar surface area (TPSA) is 114 Å². The van der Waals surface area contributed by atoms with Crippen LogP contribution >= 0.6 is 0 Å². The van der Waals surface area contributed by atoms with E-state index in [2.05, 4.69) is 5.32 Å². The number of hydrogen-bond acceptors (Lipinski definition) is 7. The Morgan fingerprint density at radius 3 is 2.53 bits per heavy atom. The van der Waals surface area contributed by atoms with E-state index < -0.39 is 35.3 Å². The molecule has 4 aliphatic rings.